The number of nitrogens with one attached hydrogen (secondary N) is 1. The van der Waals surface area contributed by atoms with Crippen LogP contribution in [0, 0.1) is 25.7 Å². The summed E-state index contributed by atoms with van der Waals surface area (Å²) in [5, 5.41) is 3.52. The van der Waals surface area contributed by atoms with E-state index in [4.69, 9.17) is 0 Å². The van der Waals surface area contributed by atoms with Crippen molar-refractivity contribution < 1.29 is 0 Å². The van der Waals surface area contributed by atoms with Gasteiger partial charge in [0.15, 0.2) is 0 Å². The third kappa shape index (κ3) is 2.08. The molecule has 98 valence electrons. The van der Waals surface area contributed by atoms with E-state index < -0.39 is 0 Å². The van der Waals surface area contributed by atoms with Gasteiger partial charge in [-0.05, 0) is 56.8 Å². The first kappa shape index (κ1) is 12.2. The highest BCUT2D eigenvalue weighted by molar-refractivity contribution is 5.32. The average molecular weight is 244 g/mol. The number of hydrogen-bond acceptors (Lipinski definition) is 2. The van der Waals surface area contributed by atoms with Gasteiger partial charge in [-0.1, -0.05) is 23.8 Å². The van der Waals surface area contributed by atoms with Crippen LogP contribution in [0.15, 0.2) is 18.2 Å². The second-order valence-electron chi connectivity index (χ2n) is 6.17. The normalized spacial score (nSPS) is 29.5. The van der Waals surface area contributed by atoms with Crippen molar-refractivity contribution in [2.75, 3.05) is 26.2 Å². The van der Waals surface area contributed by atoms with Crippen LogP contribution in [0.4, 0.5) is 0 Å². The van der Waals surface area contributed by atoms with Gasteiger partial charge < -0.3 is 5.32 Å². The lowest BCUT2D eigenvalue weighted by molar-refractivity contribution is 0.243. The van der Waals surface area contributed by atoms with Crippen molar-refractivity contribution in [1.29, 1.82) is 0 Å². The van der Waals surface area contributed by atoms with Crippen LogP contribution in [0.5, 0.6) is 0 Å². The van der Waals surface area contributed by atoms with Crippen molar-refractivity contribution in [2.45, 2.75) is 26.8 Å². The van der Waals surface area contributed by atoms with Gasteiger partial charge in [0.05, 0.1) is 0 Å². The Labute approximate surface area is 110 Å². The van der Waals surface area contributed by atoms with E-state index >= 15 is 0 Å². The molecule has 0 spiro atoms. The number of hydrogen-bond donors (Lipinski definition) is 1. The summed E-state index contributed by atoms with van der Waals surface area (Å²) in [6.45, 7) is 11.8. The number of rotatable bonds is 2. The number of likely N-dealkylation sites (tertiary alicyclic amines) is 1. The van der Waals surface area contributed by atoms with Gasteiger partial charge in [0.1, 0.15) is 0 Å². The molecule has 2 fully saturated rings. The maximum Gasteiger partial charge on any atom is 0.0322 e. The first-order valence-electron chi connectivity index (χ1n) is 7.17. The molecular formula is C16H24N2. The SMILES string of the molecule is Cc1ccc(C(C)N2C[C@H]3CNC[C@H]3C2)c(C)c1. The fraction of sp³-hybridized carbons (Fsp3) is 0.625. The zero-order valence-electron chi connectivity index (χ0n) is 11.7. The van der Waals surface area contributed by atoms with Crippen LogP contribution in [-0.2, 0) is 0 Å². The van der Waals surface area contributed by atoms with Crippen LogP contribution in [0.3, 0.4) is 0 Å². The Kier molecular flexibility index (Phi) is 3.16. The molecule has 2 heteroatoms. The van der Waals surface area contributed by atoms with Gasteiger partial charge in [0, 0.05) is 19.1 Å². The maximum atomic E-state index is 3.52. The molecule has 2 nitrogen and oxygen atoms in total. The predicted molar refractivity (Wildman–Crippen MR) is 75.8 cm³/mol. The van der Waals surface area contributed by atoms with E-state index in [1.807, 2.05) is 0 Å². The number of benzene rings is 1. The fourth-order valence-corrected chi connectivity index (χ4v) is 3.70. The standard InChI is InChI=1S/C16H24N2/c1-11-4-5-16(12(2)6-11)13(3)18-9-14-7-17-8-15(14)10-18/h4-6,13-15,17H,7-10H2,1-3H3/t13?,14-,15+. The zero-order chi connectivity index (χ0) is 12.7. The highest BCUT2D eigenvalue weighted by atomic mass is 15.2. The van der Waals surface area contributed by atoms with Crippen molar-refractivity contribution in [3.05, 3.63) is 34.9 Å². The third-order valence-corrected chi connectivity index (χ3v) is 4.84. The summed E-state index contributed by atoms with van der Waals surface area (Å²) in [5.41, 5.74) is 4.32. The molecule has 2 heterocycles. The highest BCUT2D eigenvalue weighted by Gasteiger charge is 2.38. The predicted octanol–water partition coefficient (Wildman–Crippen LogP) is 2.52. The van der Waals surface area contributed by atoms with Gasteiger partial charge in [-0.2, -0.15) is 0 Å². The van der Waals surface area contributed by atoms with Crippen LogP contribution in [-0.4, -0.2) is 31.1 Å². The lowest BCUT2D eigenvalue weighted by Crippen LogP contribution is -2.28. The van der Waals surface area contributed by atoms with Crippen molar-refractivity contribution >= 4 is 0 Å². The summed E-state index contributed by atoms with van der Waals surface area (Å²) >= 11 is 0. The third-order valence-electron chi connectivity index (χ3n) is 4.84. The summed E-state index contributed by atoms with van der Waals surface area (Å²) in [6.07, 6.45) is 0. The van der Waals surface area contributed by atoms with Gasteiger partial charge in [0.25, 0.3) is 0 Å². The van der Waals surface area contributed by atoms with E-state index in [-0.39, 0.29) is 0 Å². The Balaban J connectivity index is 1.76. The van der Waals surface area contributed by atoms with E-state index in [1.165, 1.54) is 42.9 Å². The summed E-state index contributed by atoms with van der Waals surface area (Å²) in [6, 6.07) is 7.44. The van der Waals surface area contributed by atoms with E-state index in [9.17, 15) is 0 Å². The van der Waals surface area contributed by atoms with Gasteiger partial charge in [-0.15, -0.1) is 0 Å². The van der Waals surface area contributed by atoms with E-state index in [0.717, 1.165) is 11.8 Å². The summed E-state index contributed by atoms with van der Waals surface area (Å²) in [4.78, 5) is 2.67. The first-order valence-corrected chi connectivity index (χ1v) is 7.17. The zero-order valence-corrected chi connectivity index (χ0v) is 11.7. The molecule has 0 amide bonds. The molecule has 2 saturated heterocycles. The Morgan fingerprint density at radius 2 is 1.83 bits per heavy atom. The van der Waals surface area contributed by atoms with Crippen molar-refractivity contribution in [1.82, 2.24) is 10.2 Å². The minimum atomic E-state index is 0.566. The first-order chi connectivity index (χ1) is 8.65. The molecule has 0 aromatic heterocycles. The molecule has 3 atom stereocenters. The molecule has 1 aromatic rings. The molecule has 0 saturated carbocycles. The number of nitrogens with zero attached hydrogens (tertiary/aromatic N) is 1. The quantitative estimate of drug-likeness (QED) is 0.860. The van der Waals surface area contributed by atoms with Crippen molar-refractivity contribution in [3.8, 4) is 0 Å². The lowest BCUT2D eigenvalue weighted by atomic mass is 9.99. The molecular weight excluding hydrogens is 220 g/mol. The molecule has 1 aromatic carbocycles. The maximum absolute atomic E-state index is 3.52. The second-order valence-corrected chi connectivity index (χ2v) is 6.17. The van der Waals surface area contributed by atoms with Crippen molar-refractivity contribution in [2.24, 2.45) is 11.8 Å². The topological polar surface area (TPSA) is 15.3 Å². The minimum Gasteiger partial charge on any atom is -0.316 e. The largest absolute Gasteiger partial charge is 0.316 e. The smallest absolute Gasteiger partial charge is 0.0322 e. The van der Waals surface area contributed by atoms with Gasteiger partial charge in [0.2, 0.25) is 0 Å². The van der Waals surface area contributed by atoms with Crippen LogP contribution < -0.4 is 5.32 Å². The Morgan fingerprint density at radius 3 is 2.44 bits per heavy atom. The van der Waals surface area contributed by atoms with E-state index in [2.05, 4.69) is 49.2 Å². The number of aryl methyl sites for hydroxylation is 2. The Hall–Kier alpha value is -0.860. The molecule has 0 aliphatic carbocycles. The monoisotopic (exact) mass is 244 g/mol. The summed E-state index contributed by atoms with van der Waals surface area (Å²) in [7, 11) is 0. The Morgan fingerprint density at radius 1 is 1.17 bits per heavy atom. The molecule has 1 unspecified atom stereocenters. The fourth-order valence-electron chi connectivity index (χ4n) is 3.70. The average Bonchev–Trinajstić information content (AvgIpc) is 2.87. The Bertz CT molecular complexity index is 429. The van der Waals surface area contributed by atoms with E-state index in [1.54, 1.807) is 0 Å². The highest BCUT2D eigenvalue weighted by Crippen LogP contribution is 2.33. The lowest BCUT2D eigenvalue weighted by Gasteiger charge is -2.27. The molecule has 2 aliphatic rings. The van der Waals surface area contributed by atoms with Crippen LogP contribution in [0.1, 0.15) is 29.7 Å². The van der Waals surface area contributed by atoms with Gasteiger partial charge in [-0.3, -0.25) is 4.90 Å². The van der Waals surface area contributed by atoms with Crippen LogP contribution >= 0.6 is 0 Å². The molecule has 3 rings (SSSR count). The van der Waals surface area contributed by atoms with Gasteiger partial charge in [-0.25, -0.2) is 0 Å². The van der Waals surface area contributed by atoms with E-state index in [0.29, 0.717) is 6.04 Å². The molecule has 2 aliphatic heterocycles. The summed E-state index contributed by atoms with van der Waals surface area (Å²) in [5.74, 6) is 1.77. The van der Waals surface area contributed by atoms with Crippen LogP contribution in [0.25, 0.3) is 0 Å². The minimum absolute atomic E-state index is 0.566. The molecule has 1 N–H and O–H groups in total. The molecule has 18 heavy (non-hydrogen) atoms. The van der Waals surface area contributed by atoms with Gasteiger partial charge >= 0.3 is 0 Å². The number of fused-ring (bicyclic) bond motifs is 1. The summed E-state index contributed by atoms with van der Waals surface area (Å²) < 4.78 is 0. The van der Waals surface area contributed by atoms with Crippen LogP contribution in [0.2, 0.25) is 0 Å². The molecule has 0 bridgehead atoms. The second kappa shape index (κ2) is 4.67. The van der Waals surface area contributed by atoms with Crippen molar-refractivity contribution in [3.63, 3.8) is 0 Å². The molecule has 0 radical (unpaired) electrons.